The Bertz CT molecular complexity index is 373. The fraction of sp³-hybridized carbons (Fsp3) is 0.533. The number of aryl methyl sites for hydroxylation is 1. The number of rotatable bonds is 7. The summed E-state index contributed by atoms with van der Waals surface area (Å²) in [5.74, 6) is 0.421. The number of amides is 1. The topological polar surface area (TPSA) is 55.1 Å². The van der Waals surface area contributed by atoms with E-state index in [1.807, 2.05) is 12.1 Å². The largest absolute Gasteiger partial charge is 0.356 e. The third kappa shape index (κ3) is 4.88. The van der Waals surface area contributed by atoms with E-state index in [4.69, 9.17) is 5.73 Å². The third-order valence-electron chi connectivity index (χ3n) is 3.36. The zero-order valence-corrected chi connectivity index (χ0v) is 11.4. The molecule has 0 heterocycles. The Morgan fingerprint density at radius 1 is 1.39 bits per heavy atom. The number of hydrogen-bond donors (Lipinski definition) is 2. The molecule has 3 nitrogen and oxygen atoms in total. The normalized spacial score (nSPS) is 12.2. The lowest BCUT2D eigenvalue weighted by Crippen LogP contribution is -2.29. The van der Waals surface area contributed by atoms with Gasteiger partial charge in [0, 0.05) is 13.0 Å². The molecule has 0 fully saturated rings. The number of nitrogens with one attached hydrogen (secondary N) is 1. The first-order valence-corrected chi connectivity index (χ1v) is 6.68. The highest BCUT2D eigenvalue weighted by atomic mass is 16.1. The molecule has 1 amide bonds. The van der Waals surface area contributed by atoms with Crippen molar-refractivity contribution in [2.75, 3.05) is 13.1 Å². The van der Waals surface area contributed by atoms with Crippen molar-refractivity contribution in [1.29, 1.82) is 0 Å². The molecule has 0 spiro atoms. The molecular formula is C15H24N2O. The zero-order valence-electron chi connectivity index (χ0n) is 11.4. The molecule has 1 atom stereocenters. The van der Waals surface area contributed by atoms with E-state index in [0.717, 1.165) is 12.8 Å². The minimum atomic E-state index is 0.112. The van der Waals surface area contributed by atoms with E-state index < -0.39 is 0 Å². The van der Waals surface area contributed by atoms with Crippen LogP contribution in [0, 0.1) is 12.8 Å². The summed E-state index contributed by atoms with van der Waals surface area (Å²) in [6.45, 7) is 5.45. The van der Waals surface area contributed by atoms with Gasteiger partial charge in [0.2, 0.25) is 5.91 Å². The Morgan fingerprint density at radius 2 is 2.11 bits per heavy atom. The van der Waals surface area contributed by atoms with Crippen LogP contribution in [-0.2, 0) is 11.2 Å². The van der Waals surface area contributed by atoms with Crippen LogP contribution >= 0.6 is 0 Å². The van der Waals surface area contributed by atoms with Gasteiger partial charge in [-0.3, -0.25) is 4.79 Å². The van der Waals surface area contributed by atoms with Crippen molar-refractivity contribution in [2.24, 2.45) is 11.7 Å². The van der Waals surface area contributed by atoms with E-state index in [0.29, 0.717) is 25.4 Å². The van der Waals surface area contributed by atoms with Crippen LogP contribution in [0.3, 0.4) is 0 Å². The Labute approximate surface area is 110 Å². The van der Waals surface area contributed by atoms with Gasteiger partial charge in [-0.2, -0.15) is 0 Å². The summed E-state index contributed by atoms with van der Waals surface area (Å²) in [6.07, 6.45) is 2.39. The first kappa shape index (κ1) is 14.7. The van der Waals surface area contributed by atoms with Crippen molar-refractivity contribution in [3.05, 3.63) is 35.4 Å². The molecule has 0 bridgehead atoms. The van der Waals surface area contributed by atoms with Gasteiger partial charge in [-0.1, -0.05) is 37.6 Å². The Kier molecular flexibility index (Phi) is 6.44. The fourth-order valence-electron chi connectivity index (χ4n) is 1.96. The van der Waals surface area contributed by atoms with Crippen molar-refractivity contribution in [3.63, 3.8) is 0 Å². The van der Waals surface area contributed by atoms with Gasteiger partial charge in [-0.25, -0.2) is 0 Å². The van der Waals surface area contributed by atoms with Gasteiger partial charge in [0.25, 0.3) is 0 Å². The van der Waals surface area contributed by atoms with E-state index in [9.17, 15) is 4.79 Å². The van der Waals surface area contributed by atoms with Gasteiger partial charge in [0.05, 0.1) is 0 Å². The zero-order chi connectivity index (χ0) is 13.4. The maximum Gasteiger partial charge on any atom is 0.220 e. The lowest BCUT2D eigenvalue weighted by Gasteiger charge is -2.12. The molecule has 0 aliphatic rings. The number of nitrogens with two attached hydrogens (primary N) is 1. The van der Waals surface area contributed by atoms with E-state index >= 15 is 0 Å². The summed E-state index contributed by atoms with van der Waals surface area (Å²) in [5.41, 5.74) is 8.16. The molecule has 1 aromatic rings. The van der Waals surface area contributed by atoms with E-state index in [2.05, 4.69) is 31.3 Å². The minimum absolute atomic E-state index is 0.112. The van der Waals surface area contributed by atoms with E-state index in [1.165, 1.54) is 11.1 Å². The third-order valence-corrected chi connectivity index (χ3v) is 3.36. The van der Waals surface area contributed by atoms with Gasteiger partial charge in [0.1, 0.15) is 0 Å². The Morgan fingerprint density at radius 3 is 2.72 bits per heavy atom. The van der Waals surface area contributed by atoms with Crippen LogP contribution in [0.4, 0.5) is 0 Å². The minimum Gasteiger partial charge on any atom is -0.356 e. The predicted molar refractivity (Wildman–Crippen MR) is 75.3 cm³/mol. The van der Waals surface area contributed by atoms with Gasteiger partial charge in [-0.15, -0.1) is 0 Å². The summed E-state index contributed by atoms with van der Waals surface area (Å²) in [5, 5.41) is 2.96. The number of carbonyl (C=O) groups is 1. The van der Waals surface area contributed by atoms with Crippen LogP contribution in [0.25, 0.3) is 0 Å². The Balaban J connectivity index is 2.29. The van der Waals surface area contributed by atoms with Crippen LogP contribution < -0.4 is 11.1 Å². The summed E-state index contributed by atoms with van der Waals surface area (Å²) in [6, 6.07) is 8.27. The van der Waals surface area contributed by atoms with Crippen molar-refractivity contribution >= 4 is 5.91 Å². The van der Waals surface area contributed by atoms with Crippen LogP contribution in [0.15, 0.2) is 24.3 Å². The van der Waals surface area contributed by atoms with Crippen LogP contribution in [0.2, 0.25) is 0 Å². The second-order valence-electron chi connectivity index (χ2n) is 4.74. The SMILES string of the molecule is CCC(CN)CC(=O)NCCc1ccccc1C. The molecule has 3 N–H and O–H groups in total. The Hall–Kier alpha value is -1.35. The molecule has 0 aromatic heterocycles. The highest BCUT2D eigenvalue weighted by molar-refractivity contribution is 5.76. The molecule has 0 aliphatic heterocycles. The summed E-state index contributed by atoms with van der Waals surface area (Å²) in [7, 11) is 0. The molecule has 0 aliphatic carbocycles. The van der Waals surface area contributed by atoms with Crippen LogP contribution in [0.1, 0.15) is 30.9 Å². The first-order valence-electron chi connectivity index (χ1n) is 6.68. The van der Waals surface area contributed by atoms with Crippen LogP contribution in [0.5, 0.6) is 0 Å². The quantitative estimate of drug-likeness (QED) is 0.775. The lowest BCUT2D eigenvalue weighted by atomic mass is 10.0. The van der Waals surface area contributed by atoms with Gasteiger partial charge in [-0.05, 0) is 36.9 Å². The molecule has 1 aromatic carbocycles. The molecule has 18 heavy (non-hydrogen) atoms. The average molecular weight is 248 g/mol. The standard InChI is InChI=1S/C15H24N2O/c1-3-13(11-16)10-15(18)17-9-8-14-7-5-4-6-12(14)2/h4-7,13H,3,8-11,16H2,1-2H3,(H,17,18). The average Bonchev–Trinajstić information content (AvgIpc) is 2.38. The van der Waals surface area contributed by atoms with Gasteiger partial charge >= 0.3 is 0 Å². The predicted octanol–water partition coefficient (Wildman–Crippen LogP) is 2.03. The van der Waals surface area contributed by atoms with E-state index in [1.54, 1.807) is 0 Å². The first-order chi connectivity index (χ1) is 8.67. The van der Waals surface area contributed by atoms with Crippen molar-refractivity contribution in [1.82, 2.24) is 5.32 Å². The number of benzene rings is 1. The number of carbonyl (C=O) groups excluding carboxylic acids is 1. The maximum atomic E-state index is 11.7. The summed E-state index contributed by atoms with van der Waals surface area (Å²) < 4.78 is 0. The summed E-state index contributed by atoms with van der Waals surface area (Å²) in [4.78, 5) is 11.7. The van der Waals surface area contributed by atoms with Gasteiger partial charge < -0.3 is 11.1 Å². The fourth-order valence-corrected chi connectivity index (χ4v) is 1.96. The second kappa shape index (κ2) is 7.88. The van der Waals surface area contributed by atoms with Crippen molar-refractivity contribution < 1.29 is 4.79 Å². The molecule has 0 saturated carbocycles. The van der Waals surface area contributed by atoms with Crippen molar-refractivity contribution in [2.45, 2.75) is 33.1 Å². The highest BCUT2D eigenvalue weighted by Crippen LogP contribution is 2.08. The molecule has 0 radical (unpaired) electrons. The van der Waals surface area contributed by atoms with Gasteiger partial charge in [0.15, 0.2) is 0 Å². The molecule has 1 unspecified atom stereocenters. The molecular weight excluding hydrogens is 224 g/mol. The molecule has 3 heteroatoms. The maximum absolute atomic E-state index is 11.7. The lowest BCUT2D eigenvalue weighted by molar-refractivity contribution is -0.121. The van der Waals surface area contributed by atoms with Crippen molar-refractivity contribution in [3.8, 4) is 0 Å². The molecule has 1 rings (SSSR count). The second-order valence-corrected chi connectivity index (χ2v) is 4.74. The smallest absolute Gasteiger partial charge is 0.220 e. The molecule has 0 saturated heterocycles. The molecule has 100 valence electrons. The monoisotopic (exact) mass is 248 g/mol. The van der Waals surface area contributed by atoms with E-state index in [-0.39, 0.29) is 5.91 Å². The number of hydrogen-bond acceptors (Lipinski definition) is 2. The van der Waals surface area contributed by atoms with Crippen LogP contribution in [-0.4, -0.2) is 19.0 Å². The summed E-state index contributed by atoms with van der Waals surface area (Å²) >= 11 is 0. The highest BCUT2D eigenvalue weighted by Gasteiger charge is 2.09.